The number of benzene rings is 3. The molecule has 0 unspecified atom stereocenters. The summed E-state index contributed by atoms with van der Waals surface area (Å²) in [5.74, 6) is -2.35. The van der Waals surface area contributed by atoms with E-state index in [1.165, 1.54) is 0 Å². The van der Waals surface area contributed by atoms with Gasteiger partial charge in [0.2, 0.25) is 0 Å². The largest absolute Gasteiger partial charge is 0.378 e. The van der Waals surface area contributed by atoms with Gasteiger partial charge in [-0.05, 0) is 48.0 Å². The quantitative estimate of drug-likeness (QED) is 0.622. The molecule has 0 spiro atoms. The normalized spacial score (nSPS) is 11.3. The second kappa shape index (κ2) is 8.31. The van der Waals surface area contributed by atoms with Crippen LogP contribution in [0.4, 0.5) is 25.8 Å². The molecule has 0 radical (unpaired) electrons. The van der Waals surface area contributed by atoms with Crippen LogP contribution in [-0.4, -0.2) is 36.6 Å². The van der Waals surface area contributed by atoms with E-state index in [1.54, 1.807) is 42.5 Å². The summed E-state index contributed by atoms with van der Waals surface area (Å²) in [4.78, 5) is 3.37. The third kappa shape index (κ3) is 4.54. The Labute approximate surface area is 175 Å². The van der Waals surface area contributed by atoms with Gasteiger partial charge in [0.25, 0.3) is 10.0 Å². The van der Waals surface area contributed by atoms with Crippen LogP contribution < -0.4 is 14.5 Å². The molecule has 0 aliphatic heterocycles. The van der Waals surface area contributed by atoms with Crippen LogP contribution in [-0.2, 0) is 10.0 Å². The van der Waals surface area contributed by atoms with Gasteiger partial charge in [-0.1, -0.05) is 18.2 Å². The first-order chi connectivity index (χ1) is 14.1. The fraction of sp³-hybridized carbons (Fsp3) is 0.182. The number of hydrogen-bond donors (Lipinski definition) is 1. The molecule has 158 valence electrons. The van der Waals surface area contributed by atoms with Gasteiger partial charge in [-0.15, -0.1) is 0 Å². The summed E-state index contributed by atoms with van der Waals surface area (Å²) >= 11 is 0. The molecule has 8 heteroatoms. The zero-order chi connectivity index (χ0) is 22.1. The maximum atomic E-state index is 14.2. The highest BCUT2D eigenvalue weighted by Gasteiger charge is 2.24. The lowest BCUT2D eigenvalue weighted by Gasteiger charge is -2.21. The van der Waals surface area contributed by atoms with Crippen molar-refractivity contribution in [3.63, 3.8) is 0 Å². The molecule has 5 nitrogen and oxygen atoms in total. The van der Waals surface area contributed by atoms with Crippen molar-refractivity contribution in [2.45, 2.75) is 4.90 Å². The monoisotopic (exact) mass is 431 g/mol. The standard InChI is InChI=1S/C22H23F2N3O2S/c1-26(2)17-10-15(11-18(12-17)27(3)4)19-13-20(23)21(24)14-22(19)30(28,29)25-16-8-6-5-7-9-16/h5-14,25H,1-4H3. The van der Waals surface area contributed by atoms with Crippen LogP contribution in [0.1, 0.15) is 0 Å². The predicted molar refractivity (Wildman–Crippen MR) is 118 cm³/mol. The zero-order valence-corrected chi connectivity index (χ0v) is 18.0. The number of rotatable bonds is 6. The van der Waals surface area contributed by atoms with E-state index < -0.39 is 21.7 Å². The minimum Gasteiger partial charge on any atom is -0.378 e. The highest BCUT2D eigenvalue weighted by Crippen LogP contribution is 2.35. The number of nitrogens with zero attached hydrogens (tertiary/aromatic N) is 2. The second-order valence-electron chi connectivity index (χ2n) is 7.26. The molecule has 3 rings (SSSR count). The Morgan fingerprint density at radius 2 is 1.30 bits per heavy atom. The van der Waals surface area contributed by atoms with Crippen LogP contribution in [0.25, 0.3) is 11.1 Å². The predicted octanol–water partition coefficient (Wildman–Crippen LogP) is 4.56. The average molecular weight is 432 g/mol. The molecule has 0 fully saturated rings. The first kappa shape index (κ1) is 21.6. The molecule has 0 saturated carbocycles. The molecule has 0 bridgehead atoms. The second-order valence-corrected chi connectivity index (χ2v) is 8.91. The van der Waals surface area contributed by atoms with Gasteiger partial charge in [0.15, 0.2) is 11.6 Å². The van der Waals surface area contributed by atoms with Gasteiger partial charge in [0.05, 0.1) is 4.90 Å². The zero-order valence-electron chi connectivity index (χ0n) is 17.1. The molecule has 30 heavy (non-hydrogen) atoms. The van der Waals surface area contributed by atoms with Crippen LogP contribution >= 0.6 is 0 Å². The molecular weight excluding hydrogens is 408 g/mol. The van der Waals surface area contributed by atoms with Gasteiger partial charge in [-0.25, -0.2) is 17.2 Å². The maximum absolute atomic E-state index is 14.2. The van der Waals surface area contributed by atoms with Gasteiger partial charge in [-0.3, -0.25) is 4.72 Å². The number of sulfonamides is 1. The first-order valence-electron chi connectivity index (χ1n) is 9.15. The fourth-order valence-electron chi connectivity index (χ4n) is 2.96. The summed E-state index contributed by atoms with van der Waals surface area (Å²) in [5.41, 5.74) is 2.44. The number of halogens is 2. The highest BCUT2D eigenvalue weighted by atomic mass is 32.2. The van der Waals surface area contributed by atoms with Crippen LogP contribution in [0, 0.1) is 11.6 Å². The Bertz CT molecular complexity index is 1140. The molecular formula is C22H23F2N3O2S. The van der Waals surface area contributed by atoms with E-state index in [2.05, 4.69) is 4.72 Å². The molecule has 0 aromatic heterocycles. The summed E-state index contributed by atoms with van der Waals surface area (Å²) in [7, 11) is 3.20. The highest BCUT2D eigenvalue weighted by molar-refractivity contribution is 7.92. The Hall–Kier alpha value is -3.13. The summed E-state index contributed by atoms with van der Waals surface area (Å²) in [5, 5.41) is 0. The smallest absolute Gasteiger partial charge is 0.262 e. The number of hydrogen-bond acceptors (Lipinski definition) is 4. The molecule has 0 aliphatic rings. The molecule has 0 saturated heterocycles. The molecule has 0 amide bonds. The SMILES string of the molecule is CN(C)c1cc(-c2cc(F)c(F)cc2S(=O)(=O)Nc2ccccc2)cc(N(C)C)c1. The Morgan fingerprint density at radius 3 is 1.83 bits per heavy atom. The Kier molecular flexibility index (Phi) is 5.98. The van der Waals surface area contributed by atoms with Crippen LogP contribution in [0.5, 0.6) is 0 Å². The number of para-hydroxylation sites is 1. The van der Waals surface area contributed by atoms with Crippen molar-refractivity contribution >= 4 is 27.1 Å². The van der Waals surface area contributed by atoms with Crippen molar-refractivity contribution in [2.24, 2.45) is 0 Å². The van der Waals surface area contributed by atoms with Gasteiger partial charge >= 0.3 is 0 Å². The summed E-state index contributed by atoms with van der Waals surface area (Å²) < 4.78 is 56.8. The van der Waals surface area contributed by atoms with E-state index in [1.807, 2.05) is 44.1 Å². The van der Waals surface area contributed by atoms with Crippen LogP contribution in [0.15, 0.2) is 65.6 Å². The lowest BCUT2D eigenvalue weighted by Crippen LogP contribution is -2.16. The lowest BCUT2D eigenvalue weighted by molar-refractivity contribution is 0.505. The molecule has 0 atom stereocenters. The van der Waals surface area contributed by atoms with Gasteiger partial charge in [0.1, 0.15) is 0 Å². The summed E-state index contributed by atoms with van der Waals surface area (Å²) in [6.07, 6.45) is 0. The Morgan fingerprint density at radius 1 is 0.767 bits per heavy atom. The summed E-state index contributed by atoms with van der Waals surface area (Å²) in [6.45, 7) is 0. The average Bonchev–Trinajstić information content (AvgIpc) is 2.69. The molecule has 0 heterocycles. The third-order valence-corrected chi connectivity index (χ3v) is 6.01. The summed E-state index contributed by atoms with van der Waals surface area (Å²) in [6, 6.07) is 15.3. The van der Waals surface area contributed by atoms with E-state index >= 15 is 0 Å². The molecule has 1 N–H and O–H groups in total. The topological polar surface area (TPSA) is 52.7 Å². The van der Waals surface area contributed by atoms with Crippen LogP contribution in [0.3, 0.4) is 0 Å². The van der Waals surface area contributed by atoms with Crippen LogP contribution in [0.2, 0.25) is 0 Å². The molecule has 3 aromatic rings. The van der Waals surface area contributed by atoms with Gasteiger partial charge in [0, 0.05) is 50.8 Å². The van der Waals surface area contributed by atoms with Gasteiger partial charge < -0.3 is 9.80 Å². The molecule has 3 aromatic carbocycles. The van der Waals surface area contributed by atoms with Crippen molar-refractivity contribution < 1.29 is 17.2 Å². The van der Waals surface area contributed by atoms with Crippen molar-refractivity contribution in [1.82, 2.24) is 0 Å². The van der Waals surface area contributed by atoms with E-state index in [0.717, 1.165) is 17.4 Å². The third-order valence-electron chi connectivity index (χ3n) is 4.58. The number of anilines is 3. The Balaban J connectivity index is 2.23. The maximum Gasteiger partial charge on any atom is 0.262 e. The van der Waals surface area contributed by atoms with E-state index in [-0.39, 0.29) is 10.5 Å². The minimum absolute atomic E-state index is 0.0733. The minimum atomic E-state index is -4.18. The van der Waals surface area contributed by atoms with Crippen molar-refractivity contribution in [3.8, 4) is 11.1 Å². The van der Waals surface area contributed by atoms with Crippen molar-refractivity contribution in [1.29, 1.82) is 0 Å². The van der Waals surface area contributed by atoms with E-state index in [0.29, 0.717) is 17.3 Å². The van der Waals surface area contributed by atoms with E-state index in [9.17, 15) is 17.2 Å². The van der Waals surface area contributed by atoms with Gasteiger partial charge in [-0.2, -0.15) is 0 Å². The van der Waals surface area contributed by atoms with E-state index in [4.69, 9.17) is 0 Å². The first-order valence-corrected chi connectivity index (χ1v) is 10.6. The van der Waals surface area contributed by atoms with Crippen molar-refractivity contribution in [3.05, 3.63) is 72.3 Å². The number of nitrogens with one attached hydrogen (secondary N) is 1. The lowest BCUT2D eigenvalue weighted by atomic mass is 10.0. The molecule has 0 aliphatic carbocycles. The fourth-order valence-corrected chi connectivity index (χ4v) is 4.24. The van der Waals surface area contributed by atoms with Crippen molar-refractivity contribution in [2.75, 3.05) is 42.7 Å².